The molecule has 0 aliphatic heterocycles. The molecule has 6 aromatic rings. The molecule has 0 N–H and O–H groups in total. The maximum atomic E-state index is 13.7. The lowest BCUT2D eigenvalue weighted by atomic mass is 9.83. The Kier molecular flexibility index (Phi) is 6.56. The lowest BCUT2D eigenvalue weighted by Crippen LogP contribution is -2.25. The minimum absolute atomic E-state index is 0.118. The Morgan fingerprint density at radius 3 is 1.20 bits per heavy atom. The van der Waals surface area contributed by atoms with E-state index < -0.39 is 23.9 Å². The molecule has 8 heteroatoms. The summed E-state index contributed by atoms with van der Waals surface area (Å²) in [5, 5.41) is 3.07. The Balaban J connectivity index is 1.23. The summed E-state index contributed by atoms with van der Waals surface area (Å²) in [6, 6.07) is 33.9. The molecule has 7 rings (SSSR count). The molecule has 0 saturated carbocycles. The molecule has 0 saturated heterocycles. The molecule has 0 amide bonds. The van der Waals surface area contributed by atoms with Gasteiger partial charge in [0.25, 0.3) is 0 Å². The van der Waals surface area contributed by atoms with Crippen LogP contribution < -0.4 is 18.9 Å². The summed E-state index contributed by atoms with van der Waals surface area (Å²) in [6.45, 7) is 0. The molecule has 6 aromatic carbocycles. The molecule has 0 heterocycles. The van der Waals surface area contributed by atoms with Crippen molar-refractivity contribution in [3.63, 3.8) is 0 Å². The molecule has 0 unspecified atom stereocenters. The van der Waals surface area contributed by atoms with Crippen LogP contribution in [0.3, 0.4) is 0 Å². The van der Waals surface area contributed by atoms with E-state index in [2.05, 4.69) is 0 Å². The highest BCUT2D eigenvalue weighted by atomic mass is 16.7. The molecular weight excluding hydrogens is 560 g/mol. The van der Waals surface area contributed by atoms with Gasteiger partial charge in [-0.15, -0.1) is 0 Å². The van der Waals surface area contributed by atoms with Crippen LogP contribution in [0.4, 0.5) is 9.59 Å². The van der Waals surface area contributed by atoms with Gasteiger partial charge in [-0.3, -0.25) is 9.59 Å². The monoisotopic (exact) mass is 580 g/mol. The van der Waals surface area contributed by atoms with Gasteiger partial charge in [0, 0.05) is 21.9 Å². The van der Waals surface area contributed by atoms with Crippen LogP contribution in [0.1, 0.15) is 31.8 Å². The Morgan fingerprint density at radius 1 is 0.386 bits per heavy atom. The van der Waals surface area contributed by atoms with Gasteiger partial charge < -0.3 is 18.9 Å². The molecule has 8 nitrogen and oxygen atoms in total. The summed E-state index contributed by atoms with van der Waals surface area (Å²) in [5.74, 6) is -1.12. The van der Waals surface area contributed by atoms with Crippen LogP contribution in [-0.4, -0.2) is 23.9 Å². The number of rotatable bonds is 4. The summed E-state index contributed by atoms with van der Waals surface area (Å²) >= 11 is 0. The summed E-state index contributed by atoms with van der Waals surface area (Å²) < 4.78 is 22.0. The van der Waals surface area contributed by atoms with Crippen molar-refractivity contribution >= 4 is 45.4 Å². The summed E-state index contributed by atoms with van der Waals surface area (Å²) in [4.78, 5) is 53.4. The highest BCUT2D eigenvalue weighted by Crippen LogP contribution is 2.39. The van der Waals surface area contributed by atoms with E-state index in [1.807, 2.05) is 48.5 Å². The number of carbonyl (C=O) groups excluding carboxylic acids is 4. The van der Waals surface area contributed by atoms with E-state index in [0.29, 0.717) is 10.8 Å². The van der Waals surface area contributed by atoms with Gasteiger partial charge in [0.05, 0.1) is 11.1 Å². The van der Waals surface area contributed by atoms with Crippen LogP contribution in [-0.2, 0) is 0 Å². The van der Waals surface area contributed by atoms with Gasteiger partial charge in [-0.1, -0.05) is 97.1 Å². The van der Waals surface area contributed by atoms with Gasteiger partial charge in [0.2, 0.25) is 0 Å². The van der Waals surface area contributed by atoms with E-state index in [-0.39, 0.29) is 45.3 Å². The van der Waals surface area contributed by atoms with E-state index in [9.17, 15) is 19.2 Å². The van der Waals surface area contributed by atoms with Crippen molar-refractivity contribution in [3.8, 4) is 23.0 Å². The van der Waals surface area contributed by atoms with E-state index in [1.165, 1.54) is 24.3 Å². The highest BCUT2D eigenvalue weighted by Gasteiger charge is 2.36. The van der Waals surface area contributed by atoms with Crippen LogP contribution >= 0.6 is 0 Å². The molecule has 0 bridgehead atoms. The molecule has 1 aliphatic rings. The number of ether oxygens (including phenoxy) is 4. The first-order chi connectivity index (χ1) is 21.5. The predicted octanol–water partition coefficient (Wildman–Crippen LogP) is 7.92. The summed E-state index contributed by atoms with van der Waals surface area (Å²) in [5.41, 5.74) is -0.237. The van der Waals surface area contributed by atoms with Crippen molar-refractivity contribution in [1.29, 1.82) is 0 Å². The van der Waals surface area contributed by atoms with Gasteiger partial charge in [-0.05, 0) is 35.0 Å². The van der Waals surface area contributed by atoms with E-state index in [1.54, 1.807) is 48.5 Å². The van der Waals surface area contributed by atoms with Crippen molar-refractivity contribution in [2.45, 2.75) is 0 Å². The van der Waals surface area contributed by atoms with E-state index >= 15 is 0 Å². The standard InChI is InChI=1S/C36H20O8/c37-33-25-15-5-6-16-26(25)34(38)32-30(44-36(40)42-28-18-8-12-22-10-2-4-14-24(22)28)20-19-29(31(32)33)43-35(39)41-27-17-7-11-21-9-1-3-13-23(21)27/h1-20H. The third-order valence-electron chi connectivity index (χ3n) is 7.27. The largest absolute Gasteiger partial charge is 0.519 e. The average Bonchev–Trinajstić information content (AvgIpc) is 3.04. The van der Waals surface area contributed by atoms with Gasteiger partial charge in [-0.25, -0.2) is 9.59 Å². The van der Waals surface area contributed by atoms with Gasteiger partial charge in [0.15, 0.2) is 11.6 Å². The summed E-state index contributed by atoms with van der Waals surface area (Å²) in [6.07, 6.45) is -2.24. The Hall–Kier alpha value is -6.28. The number of hydrogen-bond donors (Lipinski definition) is 0. The second kappa shape index (κ2) is 10.8. The zero-order valence-corrected chi connectivity index (χ0v) is 22.8. The van der Waals surface area contributed by atoms with Crippen LogP contribution in [0, 0.1) is 0 Å². The fraction of sp³-hybridized carbons (Fsp3) is 0. The Bertz CT molecular complexity index is 2000. The number of benzene rings is 6. The highest BCUT2D eigenvalue weighted by molar-refractivity contribution is 6.30. The molecule has 0 fully saturated rings. The van der Waals surface area contributed by atoms with Crippen LogP contribution in [0.15, 0.2) is 121 Å². The zero-order valence-electron chi connectivity index (χ0n) is 22.8. The van der Waals surface area contributed by atoms with Crippen molar-refractivity contribution in [1.82, 2.24) is 0 Å². The third-order valence-corrected chi connectivity index (χ3v) is 7.27. The van der Waals surface area contributed by atoms with Crippen molar-refractivity contribution in [2.24, 2.45) is 0 Å². The number of ketones is 2. The van der Waals surface area contributed by atoms with Crippen LogP contribution in [0.25, 0.3) is 21.5 Å². The molecule has 0 radical (unpaired) electrons. The Morgan fingerprint density at radius 2 is 0.750 bits per heavy atom. The normalized spacial score (nSPS) is 11.9. The van der Waals surface area contributed by atoms with Crippen molar-refractivity contribution in [3.05, 3.63) is 144 Å². The minimum atomic E-state index is -1.12. The van der Waals surface area contributed by atoms with Gasteiger partial charge >= 0.3 is 12.3 Å². The maximum Gasteiger partial charge on any atom is 0.519 e. The lowest BCUT2D eigenvalue weighted by Gasteiger charge is -2.21. The second-order valence-corrected chi connectivity index (χ2v) is 9.88. The lowest BCUT2D eigenvalue weighted by molar-refractivity contribution is 0.0970. The first-order valence-electron chi connectivity index (χ1n) is 13.6. The molecule has 0 aromatic heterocycles. The van der Waals surface area contributed by atoms with Crippen molar-refractivity contribution < 1.29 is 38.1 Å². The van der Waals surface area contributed by atoms with Crippen LogP contribution in [0.5, 0.6) is 23.0 Å². The Labute approximate surface area is 250 Å². The quantitative estimate of drug-likeness (QED) is 0.153. The van der Waals surface area contributed by atoms with Gasteiger partial charge in [-0.2, -0.15) is 0 Å². The number of hydrogen-bond acceptors (Lipinski definition) is 8. The number of carbonyl (C=O) groups is 4. The molecule has 44 heavy (non-hydrogen) atoms. The maximum absolute atomic E-state index is 13.7. The third kappa shape index (κ3) is 4.70. The average molecular weight is 581 g/mol. The molecule has 1 aliphatic carbocycles. The van der Waals surface area contributed by atoms with E-state index in [4.69, 9.17) is 18.9 Å². The van der Waals surface area contributed by atoms with Crippen molar-refractivity contribution in [2.75, 3.05) is 0 Å². The number of fused-ring (bicyclic) bond motifs is 4. The molecule has 0 atom stereocenters. The zero-order chi connectivity index (χ0) is 30.2. The first kappa shape index (κ1) is 26.6. The van der Waals surface area contributed by atoms with E-state index in [0.717, 1.165) is 10.8 Å². The second-order valence-electron chi connectivity index (χ2n) is 9.88. The van der Waals surface area contributed by atoms with Gasteiger partial charge in [0.1, 0.15) is 23.0 Å². The fourth-order valence-electron chi connectivity index (χ4n) is 5.30. The summed E-state index contributed by atoms with van der Waals surface area (Å²) in [7, 11) is 0. The minimum Gasteiger partial charge on any atom is -0.394 e. The predicted molar refractivity (Wildman–Crippen MR) is 161 cm³/mol. The molecule has 212 valence electrons. The molecular formula is C36H20O8. The molecule has 0 spiro atoms. The first-order valence-corrected chi connectivity index (χ1v) is 13.6. The van der Waals surface area contributed by atoms with Crippen LogP contribution in [0.2, 0.25) is 0 Å². The fourth-order valence-corrected chi connectivity index (χ4v) is 5.30. The SMILES string of the molecule is O=C(Oc1ccc(OC(=O)Oc2cccc3ccccc23)c2c1C(=O)c1ccccc1C2=O)Oc1cccc2ccccc12. The smallest absolute Gasteiger partial charge is 0.394 e. The topological polar surface area (TPSA) is 105 Å².